The molecule has 1 saturated heterocycles. The van der Waals surface area contributed by atoms with Crippen molar-refractivity contribution in [3.63, 3.8) is 0 Å². The first-order chi connectivity index (χ1) is 13.3. The second kappa shape index (κ2) is 10.8. The van der Waals surface area contributed by atoms with E-state index in [-0.39, 0.29) is 25.2 Å². The molecule has 0 aliphatic carbocycles. The number of nitrogens with zero attached hydrogens (tertiary/aromatic N) is 1. The molecular formula is C19H29NO7S. The molecule has 1 aliphatic rings. The van der Waals surface area contributed by atoms with E-state index in [0.717, 1.165) is 18.2 Å². The summed E-state index contributed by atoms with van der Waals surface area (Å²) in [7, 11) is -1.99. The Balaban J connectivity index is 2.00. The van der Waals surface area contributed by atoms with E-state index < -0.39 is 22.3 Å². The first-order valence-corrected chi connectivity index (χ1v) is 11.1. The van der Waals surface area contributed by atoms with Gasteiger partial charge in [0.05, 0.1) is 31.6 Å². The van der Waals surface area contributed by atoms with Crippen LogP contribution in [0.25, 0.3) is 0 Å². The fourth-order valence-electron chi connectivity index (χ4n) is 3.12. The molecule has 0 N–H and O–H groups in total. The second-order valence-electron chi connectivity index (χ2n) is 6.86. The molecule has 3 atom stereocenters. The van der Waals surface area contributed by atoms with Gasteiger partial charge >= 0.3 is 6.09 Å². The van der Waals surface area contributed by atoms with Crippen molar-refractivity contribution < 1.29 is 31.6 Å². The summed E-state index contributed by atoms with van der Waals surface area (Å²) in [5.74, 6) is -0.103. The van der Waals surface area contributed by atoms with E-state index in [2.05, 4.69) is 0 Å². The van der Waals surface area contributed by atoms with Gasteiger partial charge in [0.1, 0.15) is 6.61 Å². The summed E-state index contributed by atoms with van der Waals surface area (Å²) < 4.78 is 44.1. The minimum atomic E-state index is -3.62. The smallest absolute Gasteiger partial charge is 0.410 e. The van der Waals surface area contributed by atoms with Gasteiger partial charge in [-0.25, -0.2) is 4.79 Å². The Morgan fingerprint density at radius 1 is 1.21 bits per heavy atom. The van der Waals surface area contributed by atoms with Crippen LogP contribution in [0.2, 0.25) is 0 Å². The van der Waals surface area contributed by atoms with Gasteiger partial charge in [0, 0.05) is 26.2 Å². The molecule has 0 bridgehead atoms. The van der Waals surface area contributed by atoms with Crippen LogP contribution in [0.1, 0.15) is 18.9 Å². The second-order valence-corrected chi connectivity index (χ2v) is 8.51. The zero-order valence-corrected chi connectivity index (χ0v) is 17.4. The van der Waals surface area contributed by atoms with Gasteiger partial charge in [-0.3, -0.25) is 9.08 Å². The third kappa shape index (κ3) is 7.05. The van der Waals surface area contributed by atoms with Crippen molar-refractivity contribution in [3.8, 4) is 0 Å². The third-order valence-electron chi connectivity index (χ3n) is 4.69. The Bertz CT molecular complexity index is 710. The normalized spacial score (nSPS) is 22.4. The SMILES string of the molecule is COCCCO[C@H]1CN(C(=O)OCc2ccccc2)[C@@H](COS(C)(=O)=O)[C@@H]1C. The fourth-order valence-corrected chi connectivity index (χ4v) is 3.50. The number of likely N-dealkylation sites (tertiary alicyclic amines) is 1. The number of methoxy groups -OCH3 is 1. The molecule has 1 aromatic carbocycles. The maximum atomic E-state index is 12.6. The van der Waals surface area contributed by atoms with E-state index in [9.17, 15) is 13.2 Å². The summed E-state index contributed by atoms with van der Waals surface area (Å²) in [6, 6.07) is 8.90. The maximum Gasteiger partial charge on any atom is 0.410 e. The van der Waals surface area contributed by atoms with E-state index in [1.165, 1.54) is 4.90 Å². The monoisotopic (exact) mass is 415 g/mol. The molecule has 0 aromatic heterocycles. The topological polar surface area (TPSA) is 91.4 Å². The Morgan fingerprint density at radius 2 is 1.93 bits per heavy atom. The van der Waals surface area contributed by atoms with Crippen LogP contribution >= 0.6 is 0 Å². The summed E-state index contributed by atoms with van der Waals surface area (Å²) in [6.07, 6.45) is 0.988. The van der Waals surface area contributed by atoms with Crippen LogP contribution in [0.15, 0.2) is 30.3 Å². The lowest BCUT2D eigenvalue weighted by atomic mass is 10.0. The van der Waals surface area contributed by atoms with Gasteiger partial charge in [-0.1, -0.05) is 37.3 Å². The van der Waals surface area contributed by atoms with Crippen LogP contribution in [-0.2, 0) is 35.1 Å². The van der Waals surface area contributed by atoms with Gasteiger partial charge < -0.3 is 14.2 Å². The minimum Gasteiger partial charge on any atom is -0.445 e. The number of benzene rings is 1. The van der Waals surface area contributed by atoms with Gasteiger partial charge in [0.15, 0.2) is 0 Å². The number of ether oxygens (including phenoxy) is 3. The Hall–Kier alpha value is -1.68. The summed E-state index contributed by atoms with van der Waals surface area (Å²) in [6.45, 7) is 3.34. The number of carbonyl (C=O) groups excluding carboxylic acids is 1. The molecule has 1 heterocycles. The molecule has 0 unspecified atom stereocenters. The lowest BCUT2D eigenvalue weighted by Gasteiger charge is -2.25. The molecule has 0 saturated carbocycles. The van der Waals surface area contributed by atoms with E-state index in [1.54, 1.807) is 7.11 Å². The van der Waals surface area contributed by atoms with Crippen LogP contribution in [0.4, 0.5) is 4.79 Å². The van der Waals surface area contributed by atoms with Crippen molar-refractivity contribution in [1.82, 2.24) is 4.90 Å². The highest BCUT2D eigenvalue weighted by Gasteiger charge is 2.43. The molecule has 1 fully saturated rings. The van der Waals surface area contributed by atoms with Crippen LogP contribution in [-0.4, -0.2) is 71.3 Å². The molecule has 28 heavy (non-hydrogen) atoms. The van der Waals surface area contributed by atoms with Crippen molar-refractivity contribution >= 4 is 16.2 Å². The molecule has 2 rings (SSSR count). The van der Waals surface area contributed by atoms with Crippen LogP contribution in [0.5, 0.6) is 0 Å². The molecule has 0 spiro atoms. The van der Waals surface area contributed by atoms with E-state index >= 15 is 0 Å². The summed E-state index contributed by atoms with van der Waals surface area (Å²) in [5, 5.41) is 0. The average Bonchev–Trinajstić information content (AvgIpc) is 2.98. The largest absolute Gasteiger partial charge is 0.445 e. The summed E-state index contributed by atoms with van der Waals surface area (Å²) in [4.78, 5) is 14.1. The highest BCUT2D eigenvalue weighted by atomic mass is 32.2. The molecule has 0 radical (unpaired) electrons. The quantitative estimate of drug-likeness (QED) is 0.427. The van der Waals surface area contributed by atoms with E-state index in [0.29, 0.717) is 19.8 Å². The van der Waals surface area contributed by atoms with E-state index in [1.807, 2.05) is 37.3 Å². The van der Waals surface area contributed by atoms with Gasteiger partial charge in [-0.2, -0.15) is 8.42 Å². The van der Waals surface area contributed by atoms with Gasteiger partial charge in [-0.05, 0) is 12.0 Å². The van der Waals surface area contributed by atoms with Gasteiger partial charge in [-0.15, -0.1) is 0 Å². The van der Waals surface area contributed by atoms with Gasteiger partial charge in [0.2, 0.25) is 0 Å². The Labute approximate surface area is 166 Å². The number of hydrogen-bond acceptors (Lipinski definition) is 7. The van der Waals surface area contributed by atoms with E-state index in [4.69, 9.17) is 18.4 Å². The number of amides is 1. The van der Waals surface area contributed by atoms with Crippen molar-refractivity contribution in [2.45, 2.75) is 32.1 Å². The average molecular weight is 416 g/mol. The first kappa shape index (κ1) is 22.6. The van der Waals surface area contributed by atoms with Crippen molar-refractivity contribution in [3.05, 3.63) is 35.9 Å². The number of rotatable bonds is 10. The molecule has 9 heteroatoms. The predicted octanol–water partition coefficient (Wildman–Crippen LogP) is 2.04. The highest BCUT2D eigenvalue weighted by molar-refractivity contribution is 7.85. The molecule has 158 valence electrons. The first-order valence-electron chi connectivity index (χ1n) is 9.24. The lowest BCUT2D eigenvalue weighted by molar-refractivity contribution is 0.0236. The van der Waals surface area contributed by atoms with Crippen LogP contribution in [0, 0.1) is 5.92 Å². The van der Waals surface area contributed by atoms with Crippen molar-refractivity contribution in [1.29, 1.82) is 0 Å². The zero-order valence-electron chi connectivity index (χ0n) is 16.6. The summed E-state index contributed by atoms with van der Waals surface area (Å²) in [5.41, 5.74) is 0.874. The lowest BCUT2D eigenvalue weighted by Crippen LogP contribution is -2.41. The highest BCUT2D eigenvalue weighted by Crippen LogP contribution is 2.28. The van der Waals surface area contributed by atoms with Crippen molar-refractivity contribution in [2.75, 3.05) is 39.7 Å². The van der Waals surface area contributed by atoms with Gasteiger partial charge in [0.25, 0.3) is 10.1 Å². The van der Waals surface area contributed by atoms with Crippen LogP contribution < -0.4 is 0 Å². The molecule has 1 aliphatic heterocycles. The number of hydrogen-bond donors (Lipinski definition) is 0. The maximum absolute atomic E-state index is 12.6. The fraction of sp³-hybridized carbons (Fsp3) is 0.632. The molecular weight excluding hydrogens is 386 g/mol. The van der Waals surface area contributed by atoms with Crippen LogP contribution in [0.3, 0.4) is 0 Å². The number of carbonyl (C=O) groups is 1. The molecule has 1 amide bonds. The predicted molar refractivity (Wildman–Crippen MR) is 103 cm³/mol. The zero-order chi connectivity index (χ0) is 20.6. The third-order valence-corrected chi connectivity index (χ3v) is 5.25. The minimum absolute atomic E-state index is 0.103. The molecule has 8 nitrogen and oxygen atoms in total. The van der Waals surface area contributed by atoms with Crippen molar-refractivity contribution in [2.24, 2.45) is 5.92 Å². The standard InChI is InChI=1S/C19H29NO7S/c1-15-17(14-27-28(3,22)23)20(12-18(15)25-11-7-10-24-2)19(21)26-13-16-8-5-4-6-9-16/h4-6,8-9,15,17-18H,7,10-14H2,1-3H3/t15-,17-,18-/m0/s1. The Morgan fingerprint density at radius 3 is 2.57 bits per heavy atom. The Kier molecular flexibility index (Phi) is 8.68. The summed E-state index contributed by atoms with van der Waals surface area (Å²) >= 11 is 0. The molecule has 1 aromatic rings.